The SMILES string of the molecule is CCOC(=O)COc1ccccc1/C=C1/SC(=Nc2cccc(Cl)c2C)NC1=O. The molecule has 0 saturated carbocycles. The van der Waals surface area contributed by atoms with Crippen LogP contribution in [0, 0.1) is 6.92 Å². The number of halogens is 1. The molecule has 1 N–H and O–H groups in total. The van der Waals surface area contributed by atoms with Gasteiger partial charge in [0.2, 0.25) is 0 Å². The van der Waals surface area contributed by atoms with Crippen LogP contribution in [0.25, 0.3) is 6.08 Å². The number of para-hydroxylation sites is 1. The molecule has 0 aliphatic carbocycles. The molecule has 8 heteroatoms. The lowest BCUT2D eigenvalue weighted by Gasteiger charge is -2.08. The summed E-state index contributed by atoms with van der Waals surface area (Å²) in [5.41, 5.74) is 2.21. The Morgan fingerprint density at radius 1 is 1.24 bits per heavy atom. The number of aliphatic imine (C=N–C) groups is 1. The van der Waals surface area contributed by atoms with Crippen molar-refractivity contribution >= 4 is 52.2 Å². The predicted octanol–water partition coefficient (Wildman–Crippen LogP) is 4.48. The number of nitrogens with zero attached hydrogens (tertiary/aromatic N) is 1. The van der Waals surface area contributed by atoms with E-state index in [1.54, 1.807) is 37.3 Å². The first-order valence-corrected chi connectivity index (χ1v) is 10.1. The van der Waals surface area contributed by atoms with E-state index in [2.05, 4.69) is 10.3 Å². The van der Waals surface area contributed by atoms with Gasteiger partial charge in [-0.25, -0.2) is 9.79 Å². The molecule has 2 aromatic rings. The lowest BCUT2D eigenvalue weighted by molar-refractivity contribution is -0.145. The molecule has 0 radical (unpaired) electrons. The second kappa shape index (κ2) is 9.62. The topological polar surface area (TPSA) is 77.0 Å². The van der Waals surface area contributed by atoms with Crippen LogP contribution in [0.2, 0.25) is 5.02 Å². The van der Waals surface area contributed by atoms with Crippen molar-refractivity contribution < 1.29 is 19.1 Å². The smallest absolute Gasteiger partial charge is 0.344 e. The van der Waals surface area contributed by atoms with Gasteiger partial charge in [-0.3, -0.25) is 4.79 Å². The molecule has 1 fully saturated rings. The van der Waals surface area contributed by atoms with E-state index in [0.717, 1.165) is 5.56 Å². The molecule has 1 saturated heterocycles. The van der Waals surface area contributed by atoms with Gasteiger partial charge in [0.25, 0.3) is 5.91 Å². The number of benzene rings is 2. The minimum Gasteiger partial charge on any atom is -0.481 e. The Kier molecular flexibility index (Phi) is 6.95. The summed E-state index contributed by atoms with van der Waals surface area (Å²) in [5.74, 6) is -0.222. The molecule has 1 heterocycles. The largest absolute Gasteiger partial charge is 0.481 e. The number of hydrogen-bond donors (Lipinski definition) is 1. The molecular weight excluding hydrogens is 412 g/mol. The summed E-state index contributed by atoms with van der Waals surface area (Å²) in [6.07, 6.45) is 1.70. The Labute approximate surface area is 177 Å². The summed E-state index contributed by atoms with van der Waals surface area (Å²) < 4.78 is 10.4. The Morgan fingerprint density at radius 2 is 2.03 bits per heavy atom. The molecule has 0 bridgehead atoms. The molecule has 3 rings (SSSR count). The van der Waals surface area contributed by atoms with Gasteiger partial charge in [0, 0.05) is 10.6 Å². The number of carbonyl (C=O) groups is 2. The lowest BCUT2D eigenvalue weighted by atomic mass is 10.2. The molecular formula is C21H19ClN2O4S. The molecule has 1 aliphatic rings. The number of carbonyl (C=O) groups excluding carboxylic acids is 2. The average molecular weight is 431 g/mol. The summed E-state index contributed by atoms with van der Waals surface area (Å²) in [6.45, 7) is 3.69. The zero-order chi connectivity index (χ0) is 20.8. The summed E-state index contributed by atoms with van der Waals surface area (Å²) in [5, 5.41) is 3.84. The number of ether oxygens (including phenoxy) is 2. The fourth-order valence-corrected chi connectivity index (χ4v) is 3.51. The molecule has 1 amide bonds. The van der Waals surface area contributed by atoms with Crippen molar-refractivity contribution in [2.24, 2.45) is 4.99 Å². The number of thioether (sulfide) groups is 1. The van der Waals surface area contributed by atoms with Crippen molar-refractivity contribution in [1.82, 2.24) is 5.32 Å². The van der Waals surface area contributed by atoms with E-state index in [9.17, 15) is 9.59 Å². The van der Waals surface area contributed by atoms with E-state index in [4.69, 9.17) is 21.1 Å². The van der Waals surface area contributed by atoms with Crippen LogP contribution in [0.15, 0.2) is 52.4 Å². The number of hydrogen-bond acceptors (Lipinski definition) is 6. The van der Waals surface area contributed by atoms with Crippen molar-refractivity contribution in [2.75, 3.05) is 13.2 Å². The molecule has 0 spiro atoms. The van der Waals surface area contributed by atoms with Crippen molar-refractivity contribution in [2.45, 2.75) is 13.8 Å². The minimum absolute atomic E-state index is 0.200. The monoisotopic (exact) mass is 430 g/mol. The van der Waals surface area contributed by atoms with Gasteiger partial charge in [-0.1, -0.05) is 35.9 Å². The van der Waals surface area contributed by atoms with Crippen LogP contribution in [0.5, 0.6) is 5.75 Å². The Balaban J connectivity index is 1.79. The maximum atomic E-state index is 12.4. The fraction of sp³-hybridized carbons (Fsp3) is 0.190. The molecule has 29 heavy (non-hydrogen) atoms. The summed E-state index contributed by atoms with van der Waals surface area (Å²) in [7, 11) is 0. The van der Waals surface area contributed by atoms with E-state index in [1.165, 1.54) is 11.8 Å². The van der Waals surface area contributed by atoms with Crippen LogP contribution >= 0.6 is 23.4 Å². The lowest BCUT2D eigenvalue weighted by Crippen LogP contribution is -2.19. The van der Waals surface area contributed by atoms with Crippen LogP contribution in [0.3, 0.4) is 0 Å². The molecule has 6 nitrogen and oxygen atoms in total. The van der Waals surface area contributed by atoms with Crippen LogP contribution in [-0.4, -0.2) is 30.3 Å². The molecule has 0 unspecified atom stereocenters. The number of rotatable bonds is 6. The highest BCUT2D eigenvalue weighted by atomic mass is 35.5. The first-order chi connectivity index (χ1) is 14.0. The number of nitrogens with one attached hydrogen (secondary N) is 1. The van der Waals surface area contributed by atoms with Crippen LogP contribution < -0.4 is 10.1 Å². The van der Waals surface area contributed by atoms with Gasteiger partial charge < -0.3 is 14.8 Å². The zero-order valence-electron chi connectivity index (χ0n) is 15.9. The van der Waals surface area contributed by atoms with Gasteiger partial charge in [-0.2, -0.15) is 0 Å². The highest BCUT2D eigenvalue weighted by molar-refractivity contribution is 8.18. The summed E-state index contributed by atoms with van der Waals surface area (Å²) >= 11 is 7.36. The standard InChI is InChI=1S/C21H19ClN2O4S/c1-3-27-19(25)12-28-17-10-5-4-7-14(17)11-18-20(26)24-21(29-18)23-16-9-6-8-15(22)13(16)2/h4-11H,3,12H2,1-2H3,(H,23,24,26)/b18-11+. The van der Waals surface area contributed by atoms with Gasteiger partial charge >= 0.3 is 5.97 Å². The summed E-state index contributed by atoms with van der Waals surface area (Å²) in [6, 6.07) is 12.6. The van der Waals surface area contributed by atoms with E-state index >= 15 is 0 Å². The third kappa shape index (κ3) is 5.40. The Hall–Kier alpha value is -2.77. The van der Waals surface area contributed by atoms with Crippen molar-refractivity contribution in [1.29, 1.82) is 0 Å². The number of amidine groups is 1. The fourth-order valence-electron chi connectivity index (χ4n) is 2.52. The molecule has 2 aromatic carbocycles. The molecule has 1 aliphatic heterocycles. The highest BCUT2D eigenvalue weighted by Crippen LogP contribution is 2.32. The van der Waals surface area contributed by atoms with E-state index in [0.29, 0.717) is 38.7 Å². The molecule has 0 atom stereocenters. The van der Waals surface area contributed by atoms with Crippen LogP contribution in [0.4, 0.5) is 5.69 Å². The van der Waals surface area contributed by atoms with Gasteiger partial charge in [-0.15, -0.1) is 0 Å². The quantitative estimate of drug-likeness (QED) is 0.540. The summed E-state index contributed by atoms with van der Waals surface area (Å²) in [4.78, 5) is 28.9. The zero-order valence-corrected chi connectivity index (χ0v) is 17.5. The second-order valence-corrected chi connectivity index (χ2v) is 7.44. The highest BCUT2D eigenvalue weighted by Gasteiger charge is 2.24. The first-order valence-electron chi connectivity index (χ1n) is 8.90. The van der Waals surface area contributed by atoms with Crippen molar-refractivity contribution in [3.05, 3.63) is 63.5 Å². The van der Waals surface area contributed by atoms with Crippen molar-refractivity contribution in [3.63, 3.8) is 0 Å². The first kappa shape index (κ1) is 21.0. The minimum atomic E-state index is -0.450. The maximum absolute atomic E-state index is 12.4. The second-order valence-electron chi connectivity index (χ2n) is 6.00. The van der Waals surface area contributed by atoms with Crippen molar-refractivity contribution in [3.8, 4) is 5.75 Å². The van der Waals surface area contributed by atoms with Crippen LogP contribution in [-0.2, 0) is 14.3 Å². The Bertz CT molecular complexity index is 1000. The Morgan fingerprint density at radius 3 is 2.83 bits per heavy atom. The maximum Gasteiger partial charge on any atom is 0.344 e. The van der Waals surface area contributed by atoms with Crippen LogP contribution in [0.1, 0.15) is 18.1 Å². The van der Waals surface area contributed by atoms with E-state index in [-0.39, 0.29) is 12.5 Å². The van der Waals surface area contributed by atoms with Gasteiger partial charge in [0.05, 0.1) is 17.2 Å². The average Bonchev–Trinajstić information content (AvgIpc) is 3.04. The predicted molar refractivity (Wildman–Crippen MR) is 116 cm³/mol. The van der Waals surface area contributed by atoms with E-state index < -0.39 is 5.97 Å². The van der Waals surface area contributed by atoms with Gasteiger partial charge in [-0.05, 0) is 55.4 Å². The van der Waals surface area contributed by atoms with Gasteiger partial charge in [0.1, 0.15) is 5.75 Å². The number of esters is 1. The molecule has 0 aromatic heterocycles. The third-order valence-electron chi connectivity index (χ3n) is 3.97. The number of amides is 1. The molecule has 150 valence electrons. The van der Waals surface area contributed by atoms with E-state index in [1.807, 2.05) is 25.1 Å². The van der Waals surface area contributed by atoms with Gasteiger partial charge in [0.15, 0.2) is 11.8 Å². The normalized spacial score (nSPS) is 16.2. The third-order valence-corrected chi connectivity index (χ3v) is 5.29.